The Morgan fingerprint density at radius 2 is 1.38 bits per heavy atom. The predicted octanol–water partition coefficient (Wildman–Crippen LogP) is 10.9. The van der Waals surface area contributed by atoms with Crippen LogP contribution in [0.2, 0.25) is 0 Å². The lowest BCUT2D eigenvalue weighted by Crippen LogP contribution is -2.26. The van der Waals surface area contributed by atoms with Crippen molar-refractivity contribution in [1.29, 1.82) is 0 Å². The van der Waals surface area contributed by atoms with Crippen LogP contribution in [-0.2, 0) is 6.42 Å². The number of allylic oxidation sites excluding steroid dienone is 6. The topological polar surface area (TPSA) is 49.8 Å². The van der Waals surface area contributed by atoms with Gasteiger partial charge < -0.3 is 10.6 Å². The molecule has 240 valence electrons. The van der Waals surface area contributed by atoms with E-state index < -0.39 is 0 Å². The van der Waals surface area contributed by atoms with Crippen LogP contribution in [0.5, 0.6) is 0 Å². The third kappa shape index (κ3) is 5.07. The first-order valence-electron chi connectivity index (χ1n) is 17.8. The molecule has 2 unspecified atom stereocenters. The van der Waals surface area contributed by atoms with Gasteiger partial charge in [-0.05, 0) is 94.1 Å². The van der Waals surface area contributed by atoms with Crippen molar-refractivity contribution in [3.63, 3.8) is 0 Å². The fourth-order valence-electron chi connectivity index (χ4n) is 7.89. The molecule has 4 nitrogen and oxygen atoms in total. The first kappa shape index (κ1) is 29.0. The number of rotatable bonds is 4. The summed E-state index contributed by atoms with van der Waals surface area (Å²) in [4.78, 5) is 10.4. The van der Waals surface area contributed by atoms with E-state index in [9.17, 15) is 0 Å². The van der Waals surface area contributed by atoms with Crippen molar-refractivity contribution in [3.8, 4) is 11.3 Å². The van der Waals surface area contributed by atoms with Gasteiger partial charge in [-0.15, -0.1) is 0 Å². The van der Waals surface area contributed by atoms with Crippen LogP contribution in [0.15, 0.2) is 145 Å². The third-order valence-electron chi connectivity index (χ3n) is 10.6. The van der Waals surface area contributed by atoms with Gasteiger partial charge in [0.25, 0.3) is 0 Å². The maximum Gasteiger partial charge on any atom is 0.0947 e. The Labute approximate surface area is 292 Å². The van der Waals surface area contributed by atoms with Crippen LogP contribution in [0, 0.1) is 0 Å². The molecule has 0 saturated heterocycles. The van der Waals surface area contributed by atoms with Crippen LogP contribution in [0.1, 0.15) is 65.0 Å². The molecule has 2 aromatic heterocycles. The maximum atomic E-state index is 5.19. The summed E-state index contributed by atoms with van der Waals surface area (Å²) in [5.41, 5.74) is 15.1. The molecule has 0 spiro atoms. The van der Waals surface area contributed by atoms with Crippen molar-refractivity contribution in [3.05, 3.63) is 179 Å². The molecule has 2 N–H and O–H groups in total. The quantitative estimate of drug-likeness (QED) is 0.200. The average molecular weight is 645 g/mol. The summed E-state index contributed by atoms with van der Waals surface area (Å²) in [5.74, 6) is 0. The molecule has 4 heterocycles. The molecular weight excluding hydrogens is 609 g/mol. The smallest absolute Gasteiger partial charge is 0.0947 e. The number of hydrogen-bond donors (Lipinski definition) is 2. The average Bonchev–Trinajstić information content (AvgIpc) is 3.20. The highest BCUT2D eigenvalue weighted by atomic mass is 15.0. The highest BCUT2D eigenvalue weighted by Gasteiger charge is 2.26. The second-order valence-electron chi connectivity index (χ2n) is 13.7. The normalized spacial score (nSPS) is 19.0. The highest BCUT2D eigenvalue weighted by molar-refractivity contribution is 5.97. The molecule has 2 atom stereocenters. The minimum Gasteiger partial charge on any atom is -0.373 e. The maximum absolute atomic E-state index is 5.19. The first-order chi connectivity index (χ1) is 24.7. The SMILES string of the molecule is C1=CC(c2ccc3ccc4c(c3n2)NC(c2ccc3ccc(C5C=CC6=C(N5)c5nc(-c7ccccc7)ccc5CC6)cc3c2)C=C4)=CCC1. The number of hydrogen-bond acceptors (Lipinski definition) is 4. The lowest BCUT2D eigenvalue weighted by Gasteiger charge is -2.30. The van der Waals surface area contributed by atoms with Gasteiger partial charge in [0.15, 0.2) is 0 Å². The Bertz CT molecular complexity index is 2500. The van der Waals surface area contributed by atoms with Crippen LogP contribution < -0.4 is 10.6 Å². The van der Waals surface area contributed by atoms with E-state index in [-0.39, 0.29) is 12.1 Å². The van der Waals surface area contributed by atoms with E-state index in [0.717, 1.165) is 64.9 Å². The summed E-state index contributed by atoms with van der Waals surface area (Å²) < 4.78 is 0. The molecule has 4 aliphatic rings. The zero-order valence-electron chi connectivity index (χ0n) is 27.7. The molecule has 10 rings (SSSR count). The lowest BCUT2D eigenvalue weighted by molar-refractivity contribution is 0.733. The second kappa shape index (κ2) is 11.9. The minimum atomic E-state index is 0.0458. The van der Waals surface area contributed by atoms with Gasteiger partial charge in [-0.2, -0.15) is 0 Å². The first-order valence-corrected chi connectivity index (χ1v) is 17.8. The Morgan fingerprint density at radius 1 is 0.600 bits per heavy atom. The van der Waals surface area contributed by atoms with Crippen molar-refractivity contribution in [2.45, 2.75) is 37.8 Å². The standard InChI is InChI=1S/C46H36N4/c1-3-7-30(8-4-1)39-23-19-32-13-15-34-21-25-41(49-45(34)43(32)47-39)36-17-11-29-12-18-37(28-38(29)27-36)42-26-22-35-16-14-33-20-24-40(31-9-5-2-6-10-31)48-44(33)46(35)50-42/h1,3-5,7-12,14,16-28,41-42,49-50H,2,6,13,15H2. The van der Waals surface area contributed by atoms with Gasteiger partial charge in [0.05, 0.1) is 46.1 Å². The van der Waals surface area contributed by atoms with Gasteiger partial charge in [-0.3, -0.25) is 0 Å². The summed E-state index contributed by atoms with van der Waals surface area (Å²) in [5, 5.41) is 11.4. The number of aryl methyl sites for hydroxylation is 1. The molecule has 0 radical (unpaired) electrons. The number of nitrogens with zero attached hydrogens (tertiary/aromatic N) is 2. The number of fused-ring (bicyclic) bond motifs is 6. The van der Waals surface area contributed by atoms with E-state index in [1.807, 2.05) is 0 Å². The molecule has 0 bridgehead atoms. The van der Waals surface area contributed by atoms with Gasteiger partial charge in [0.2, 0.25) is 0 Å². The van der Waals surface area contributed by atoms with E-state index in [2.05, 4.69) is 156 Å². The van der Waals surface area contributed by atoms with E-state index in [0.29, 0.717) is 0 Å². The summed E-state index contributed by atoms with van der Waals surface area (Å²) in [6.45, 7) is 0. The predicted molar refractivity (Wildman–Crippen MR) is 207 cm³/mol. The largest absolute Gasteiger partial charge is 0.373 e. The molecule has 2 aliphatic carbocycles. The van der Waals surface area contributed by atoms with Crippen molar-refractivity contribution in [2.75, 3.05) is 5.32 Å². The summed E-state index contributed by atoms with van der Waals surface area (Å²) in [7, 11) is 0. The van der Waals surface area contributed by atoms with Crippen molar-refractivity contribution >= 4 is 44.7 Å². The molecule has 0 saturated carbocycles. The number of benzene rings is 4. The van der Waals surface area contributed by atoms with Crippen LogP contribution in [0.3, 0.4) is 0 Å². The molecule has 4 heteroatoms. The van der Waals surface area contributed by atoms with Gasteiger partial charge in [0.1, 0.15) is 0 Å². The minimum absolute atomic E-state index is 0.0458. The number of dihydropyridines is 1. The van der Waals surface area contributed by atoms with E-state index in [4.69, 9.17) is 9.97 Å². The van der Waals surface area contributed by atoms with Crippen molar-refractivity contribution in [1.82, 2.24) is 15.3 Å². The van der Waals surface area contributed by atoms with Crippen LogP contribution in [0.25, 0.3) is 50.3 Å². The molecule has 50 heavy (non-hydrogen) atoms. The van der Waals surface area contributed by atoms with Gasteiger partial charge in [0, 0.05) is 10.9 Å². The molecule has 6 aromatic rings. The van der Waals surface area contributed by atoms with Crippen molar-refractivity contribution in [2.24, 2.45) is 0 Å². The Balaban J connectivity index is 0.948. The Hall–Kier alpha value is -6.00. The van der Waals surface area contributed by atoms with Gasteiger partial charge in [-0.25, -0.2) is 9.97 Å². The third-order valence-corrected chi connectivity index (χ3v) is 10.6. The molecule has 0 fully saturated rings. The van der Waals surface area contributed by atoms with E-state index >= 15 is 0 Å². The highest BCUT2D eigenvalue weighted by Crippen LogP contribution is 2.39. The van der Waals surface area contributed by atoms with Crippen LogP contribution >= 0.6 is 0 Å². The summed E-state index contributed by atoms with van der Waals surface area (Å²) in [6, 6.07) is 37.4. The van der Waals surface area contributed by atoms with Crippen molar-refractivity contribution < 1.29 is 0 Å². The number of nitrogens with one attached hydrogen (secondary N) is 2. The van der Waals surface area contributed by atoms with Gasteiger partial charge in [-0.1, -0.05) is 121 Å². The monoisotopic (exact) mass is 644 g/mol. The second-order valence-corrected chi connectivity index (χ2v) is 13.7. The molecule has 2 aliphatic heterocycles. The zero-order chi connectivity index (χ0) is 33.0. The zero-order valence-corrected chi connectivity index (χ0v) is 27.7. The number of anilines is 1. The summed E-state index contributed by atoms with van der Waals surface area (Å²) in [6.07, 6.45) is 20.1. The van der Waals surface area contributed by atoms with Crippen LogP contribution in [0.4, 0.5) is 5.69 Å². The fourth-order valence-corrected chi connectivity index (χ4v) is 7.89. The molecule has 4 aromatic carbocycles. The lowest BCUT2D eigenvalue weighted by atomic mass is 9.88. The van der Waals surface area contributed by atoms with E-state index in [1.54, 1.807) is 0 Å². The number of pyridine rings is 2. The van der Waals surface area contributed by atoms with E-state index in [1.165, 1.54) is 49.9 Å². The Morgan fingerprint density at radius 3 is 2.22 bits per heavy atom. The molecule has 0 amide bonds. The fraction of sp³-hybridized carbons (Fsp3) is 0.130. The molecular formula is C46H36N4. The van der Waals surface area contributed by atoms with Gasteiger partial charge >= 0.3 is 0 Å². The Kier molecular flexibility index (Phi) is 6.87. The summed E-state index contributed by atoms with van der Waals surface area (Å²) >= 11 is 0. The number of aromatic nitrogens is 2. The van der Waals surface area contributed by atoms with Crippen LogP contribution in [-0.4, -0.2) is 9.97 Å².